The molecular formula is C28H38FN5O3Si. The standard InChI is InChI=1S/C28H38FN5O3Si/c1-19-25(37-26(27(19)38(2,3)29)14-16-34-18-24(15-17-35)32-33-34)13-6-20-4-11-23(12-5-20)31-28(36)21-7-9-22(30)10-8-21/h4-5,7-12,18-19,25-27,35H,6,13-17,30H2,1-3H3,(H,31,36)/t19-,25+,26-,27+/m0/s1. The Balaban J connectivity index is 1.32. The van der Waals surface area contributed by atoms with Gasteiger partial charge in [0.2, 0.25) is 8.41 Å². The first-order chi connectivity index (χ1) is 18.1. The molecule has 2 heterocycles. The predicted molar refractivity (Wildman–Crippen MR) is 149 cm³/mol. The van der Waals surface area contributed by atoms with Gasteiger partial charge in [0, 0.05) is 48.2 Å². The zero-order valence-corrected chi connectivity index (χ0v) is 23.3. The van der Waals surface area contributed by atoms with Crippen molar-refractivity contribution in [2.24, 2.45) is 5.92 Å². The van der Waals surface area contributed by atoms with E-state index in [0.717, 1.165) is 29.8 Å². The fourth-order valence-electron chi connectivity index (χ4n) is 5.49. The van der Waals surface area contributed by atoms with Crippen molar-refractivity contribution in [3.05, 3.63) is 71.5 Å². The molecule has 1 saturated heterocycles. The highest BCUT2D eigenvalue weighted by Gasteiger charge is 2.50. The molecule has 0 aliphatic carbocycles. The molecule has 1 aliphatic rings. The van der Waals surface area contributed by atoms with Crippen molar-refractivity contribution in [2.75, 3.05) is 17.7 Å². The second-order valence-corrected chi connectivity index (χ2v) is 14.5. The molecule has 0 unspecified atom stereocenters. The fraction of sp³-hybridized carbons (Fsp3) is 0.464. The van der Waals surface area contributed by atoms with Gasteiger partial charge in [0.15, 0.2) is 0 Å². The molecule has 0 radical (unpaired) electrons. The quantitative estimate of drug-likeness (QED) is 0.186. The second-order valence-electron chi connectivity index (χ2n) is 10.7. The van der Waals surface area contributed by atoms with Gasteiger partial charge in [-0.2, -0.15) is 0 Å². The third-order valence-electron chi connectivity index (χ3n) is 7.39. The Hall–Kier alpha value is -3.08. The molecule has 1 amide bonds. The van der Waals surface area contributed by atoms with Gasteiger partial charge in [-0.25, -0.2) is 0 Å². The molecule has 1 aromatic heterocycles. The van der Waals surface area contributed by atoms with Crippen molar-refractivity contribution in [3.63, 3.8) is 0 Å². The topological polar surface area (TPSA) is 115 Å². The molecule has 38 heavy (non-hydrogen) atoms. The maximum atomic E-state index is 15.4. The van der Waals surface area contributed by atoms with E-state index in [1.54, 1.807) is 42.0 Å². The SMILES string of the molecule is C[C@@H]1[C@@H]([Si](C)(C)F)[C@H](CCn2cc(CCO)nn2)O[C@@H]1CCc1ccc(NC(=O)c2ccc(N)cc2)cc1. The molecule has 204 valence electrons. The van der Waals surface area contributed by atoms with E-state index >= 15 is 4.11 Å². The Morgan fingerprint density at radius 2 is 1.82 bits per heavy atom. The number of ether oxygens (including phenoxy) is 1. The van der Waals surface area contributed by atoms with Gasteiger partial charge in [0.1, 0.15) is 0 Å². The van der Waals surface area contributed by atoms with Gasteiger partial charge in [0.05, 0.1) is 17.9 Å². The van der Waals surface area contributed by atoms with Crippen LogP contribution < -0.4 is 11.1 Å². The summed E-state index contributed by atoms with van der Waals surface area (Å²) in [7, 11) is -2.95. The lowest BCUT2D eigenvalue weighted by molar-refractivity contribution is 0.0247. The Bertz CT molecular complexity index is 1200. The van der Waals surface area contributed by atoms with Crippen LogP contribution in [0.4, 0.5) is 15.5 Å². The van der Waals surface area contributed by atoms with E-state index in [-0.39, 0.29) is 36.2 Å². The zero-order valence-electron chi connectivity index (χ0n) is 22.3. The minimum absolute atomic E-state index is 0.0156. The van der Waals surface area contributed by atoms with Crippen molar-refractivity contribution in [1.29, 1.82) is 0 Å². The van der Waals surface area contributed by atoms with E-state index in [0.29, 0.717) is 30.6 Å². The van der Waals surface area contributed by atoms with Crippen LogP contribution in [0.25, 0.3) is 0 Å². The van der Waals surface area contributed by atoms with Crippen LogP contribution in [0.5, 0.6) is 0 Å². The Morgan fingerprint density at radius 3 is 2.47 bits per heavy atom. The molecule has 0 bridgehead atoms. The maximum absolute atomic E-state index is 15.4. The first kappa shape index (κ1) is 27.9. The van der Waals surface area contributed by atoms with E-state index in [1.165, 1.54) is 0 Å². The van der Waals surface area contributed by atoms with Crippen LogP contribution in [-0.2, 0) is 24.1 Å². The van der Waals surface area contributed by atoms with E-state index in [4.69, 9.17) is 15.6 Å². The number of aliphatic hydroxyl groups is 1. The number of amides is 1. The third kappa shape index (κ3) is 7.06. The van der Waals surface area contributed by atoms with Crippen LogP contribution in [0.1, 0.15) is 41.4 Å². The first-order valence-corrected chi connectivity index (χ1v) is 16.2. The summed E-state index contributed by atoms with van der Waals surface area (Å²) in [6, 6.07) is 14.6. The largest absolute Gasteiger partial charge is 0.399 e. The summed E-state index contributed by atoms with van der Waals surface area (Å²) in [4.78, 5) is 12.4. The molecule has 10 heteroatoms. The van der Waals surface area contributed by atoms with Crippen LogP contribution in [0.2, 0.25) is 18.6 Å². The van der Waals surface area contributed by atoms with Gasteiger partial charge in [-0.1, -0.05) is 24.3 Å². The lowest BCUT2D eigenvalue weighted by atomic mass is 9.95. The lowest BCUT2D eigenvalue weighted by Crippen LogP contribution is -2.36. The highest BCUT2D eigenvalue weighted by Crippen LogP contribution is 2.47. The minimum atomic E-state index is -2.95. The monoisotopic (exact) mass is 539 g/mol. The number of nitrogen functional groups attached to an aromatic ring is 1. The summed E-state index contributed by atoms with van der Waals surface area (Å²) < 4.78 is 23.6. The normalized spacial score (nSPS) is 21.5. The number of rotatable bonds is 11. The van der Waals surface area contributed by atoms with Crippen molar-refractivity contribution >= 4 is 25.7 Å². The second kappa shape index (κ2) is 12.2. The van der Waals surface area contributed by atoms with E-state index in [2.05, 4.69) is 22.6 Å². The number of hydrogen-bond acceptors (Lipinski definition) is 6. The van der Waals surface area contributed by atoms with Crippen molar-refractivity contribution in [1.82, 2.24) is 15.0 Å². The Labute approximate surface area is 224 Å². The molecule has 4 atom stereocenters. The summed E-state index contributed by atoms with van der Waals surface area (Å²) >= 11 is 0. The number of carbonyl (C=O) groups excluding carboxylic acids is 1. The summed E-state index contributed by atoms with van der Waals surface area (Å²) in [5.74, 6) is -0.0534. The van der Waals surface area contributed by atoms with Crippen molar-refractivity contribution in [3.8, 4) is 0 Å². The highest BCUT2D eigenvalue weighted by molar-refractivity contribution is 6.72. The molecule has 0 spiro atoms. The molecular weight excluding hydrogens is 501 g/mol. The molecule has 2 aromatic carbocycles. The number of halogens is 1. The van der Waals surface area contributed by atoms with Gasteiger partial charge >= 0.3 is 0 Å². The van der Waals surface area contributed by atoms with Crippen LogP contribution in [-0.4, -0.2) is 53.2 Å². The molecule has 1 fully saturated rings. The number of nitrogens with two attached hydrogens (primary N) is 1. The molecule has 0 saturated carbocycles. The number of aliphatic hydroxyl groups excluding tert-OH is 1. The lowest BCUT2D eigenvalue weighted by Gasteiger charge is -2.28. The van der Waals surface area contributed by atoms with Gasteiger partial charge in [-0.3, -0.25) is 9.48 Å². The maximum Gasteiger partial charge on any atom is 0.255 e. The Kier molecular flexibility index (Phi) is 8.96. The number of nitrogens with one attached hydrogen (secondary N) is 1. The number of hydrogen-bond donors (Lipinski definition) is 3. The molecule has 3 aromatic rings. The van der Waals surface area contributed by atoms with Crippen molar-refractivity contribution < 1.29 is 18.7 Å². The van der Waals surface area contributed by atoms with E-state index < -0.39 is 8.41 Å². The number of anilines is 2. The first-order valence-electron chi connectivity index (χ1n) is 13.2. The average molecular weight is 540 g/mol. The van der Waals surface area contributed by atoms with Gasteiger partial charge in [-0.05, 0) is 80.2 Å². The van der Waals surface area contributed by atoms with Crippen molar-refractivity contribution in [2.45, 2.75) is 70.0 Å². The number of aryl methyl sites for hydroxylation is 2. The zero-order chi connectivity index (χ0) is 27.3. The smallest absolute Gasteiger partial charge is 0.255 e. The van der Waals surface area contributed by atoms with Crippen LogP contribution in [0.3, 0.4) is 0 Å². The molecule has 1 aliphatic heterocycles. The van der Waals surface area contributed by atoms with Crippen LogP contribution in [0, 0.1) is 5.92 Å². The molecule has 4 rings (SSSR count). The third-order valence-corrected chi connectivity index (χ3v) is 9.88. The molecule has 4 N–H and O–H groups in total. The van der Waals surface area contributed by atoms with E-state index in [9.17, 15) is 4.79 Å². The predicted octanol–water partition coefficient (Wildman–Crippen LogP) is 4.62. The van der Waals surface area contributed by atoms with Crippen LogP contribution in [0.15, 0.2) is 54.7 Å². The van der Waals surface area contributed by atoms with E-state index in [1.807, 2.05) is 30.5 Å². The summed E-state index contributed by atoms with van der Waals surface area (Å²) in [5.41, 5.74) is 9.39. The molecule has 8 nitrogen and oxygen atoms in total. The summed E-state index contributed by atoms with van der Waals surface area (Å²) in [6.07, 6.45) is 4.43. The summed E-state index contributed by atoms with van der Waals surface area (Å²) in [6.45, 7) is 6.31. The van der Waals surface area contributed by atoms with Gasteiger partial charge < -0.3 is 25.0 Å². The Morgan fingerprint density at radius 1 is 1.11 bits per heavy atom. The van der Waals surface area contributed by atoms with Crippen LogP contribution >= 0.6 is 0 Å². The minimum Gasteiger partial charge on any atom is -0.399 e. The number of nitrogens with zero attached hydrogens (tertiary/aromatic N) is 3. The summed E-state index contributed by atoms with van der Waals surface area (Å²) in [5, 5.41) is 20.2. The van der Waals surface area contributed by atoms with Gasteiger partial charge in [-0.15, -0.1) is 5.10 Å². The number of carbonyl (C=O) groups is 1. The number of benzene rings is 2. The number of aromatic nitrogens is 3. The average Bonchev–Trinajstić information content (AvgIpc) is 3.46. The highest BCUT2D eigenvalue weighted by atomic mass is 28.4. The fourth-order valence-corrected chi connectivity index (χ4v) is 8.08. The van der Waals surface area contributed by atoms with Gasteiger partial charge in [0.25, 0.3) is 5.91 Å².